The van der Waals surface area contributed by atoms with E-state index >= 15 is 0 Å². The summed E-state index contributed by atoms with van der Waals surface area (Å²) in [6, 6.07) is 6.30. The lowest BCUT2D eigenvalue weighted by Crippen LogP contribution is -2.26. The molecule has 1 aliphatic heterocycles. The molecule has 0 aromatic heterocycles. The first-order chi connectivity index (χ1) is 10.8. The van der Waals surface area contributed by atoms with Gasteiger partial charge < -0.3 is 11.1 Å². The Morgan fingerprint density at radius 2 is 1.95 bits per heavy atom. The number of primary amides is 1. The number of rotatable bonds is 3. The molecule has 1 aromatic rings. The van der Waals surface area contributed by atoms with E-state index in [1.165, 1.54) is 43.2 Å². The van der Waals surface area contributed by atoms with Crippen LogP contribution in [0.2, 0.25) is 0 Å². The molecule has 0 radical (unpaired) electrons. The van der Waals surface area contributed by atoms with Gasteiger partial charge >= 0.3 is 0 Å². The summed E-state index contributed by atoms with van der Waals surface area (Å²) in [7, 11) is 0. The van der Waals surface area contributed by atoms with Crippen molar-refractivity contribution in [3.8, 4) is 0 Å². The van der Waals surface area contributed by atoms with Crippen LogP contribution in [-0.4, -0.2) is 19.0 Å². The minimum Gasteiger partial charge on any atom is -0.366 e. The lowest BCUT2D eigenvalue weighted by molar-refractivity contribution is 0.1000. The van der Waals surface area contributed by atoms with Crippen LogP contribution in [-0.2, 0) is 0 Å². The Morgan fingerprint density at radius 1 is 1.14 bits per heavy atom. The second-order valence-electron chi connectivity index (χ2n) is 6.52. The molecule has 1 heterocycles. The molecule has 1 saturated heterocycles. The van der Waals surface area contributed by atoms with E-state index in [0.29, 0.717) is 11.5 Å². The number of nitrogens with one attached hydrogen (secondary N) is 1. The maximum atomic E-state index is 11.8. The predicted octanol–water partition coefficient (Wildman–Crippen LogP) is 3.60. The Morgan fingerprint density at radius 3 is 2.73 bits per heavy atom. The van der Waals surface area contributed by atoms with Gasteiger partial charge in [0.25, 0.3) is 0 Å². The van der Waals surface area contributed by atoms with Crippen molar-refractivity contribution in [1.82, 2.24) is 5.32 Å². The maximum Gasteiger partial charge on any atom is 0.249 e. The lowest BCUT2D eigenvalue weighted by atomic mass is 9.86. The van der Waals surface area contributed by atoms with Crippen LogP contribution in [0.4, 0.5) is 0 Å². The van der Waals surface area contributed by atoms with Gasteiger partial charge in [-0.15, -0.1) is 0 Å². The lowest BCUT2D eigenvalue weighted by Gasteiger charge is -2.24. The molecule has 3 N–H and O–H groups in total. The molecule has 0 spiro atoms. The smallest absolute Gasteiger partial charge is 0.249 e. The molecule has 22 heavy (non-hydrogen) atoms. The Hall–Kier alpha value is -1.61. The predicted molar refractivity (Wildman–Crippen MR) is 90.9 cm³/mol. The fourth-order valence-corrected chi connectivity index (χ4v) is 3.71. The van der Waals surface area contributed by atoms with E-state index < -0.39 is 0 Å². The number of hydrogen-bond donors (Lipinski definition) is 2. The molecule has 3 nitrogen and oxygen atoms in total. The molecule has 1 aliphatic carbocycles. The van der Waals surface area contributed by atoms with Crippen LogP contribution in [0, 0.1) is 0 Å². The highest BCUT2D eigenvalue weighted by atomic mass is 16.1. The van der Waals surface area contributed by atoms with Crippen molar-refractivity contribution in [2.24, 2.45) is 5.73 Å². The van der Waals surface area contributed by atoms with Gasteiger partial charge in [-0.3, -0.25) is 4.79 Å². The van der Waals surface area contributed by atoms with Crippen molar-refractivity contribution < 1.29 is 4.79 Å². The highest BCUT2D eigenvalue weighted by molar-refractivity contribution is 5.98. The van der Waals surface area contributed by atoms with Crippen LogP contribution in [0.3, 0.4) is 0 Å². The molecule has 3 heteroatoms. The number of benzene rings is 1. The summed E-state index contributed by atoms with van der Waals surface area (Å²) in [5.41, 5.74) is 10.1. The van der Waals surface area contributed by atoms with Gasteiger partial charge in [0.05, 0.1) is 0 Å². The first-order valence-electron chi connectivity index (χ1n) is 8.59. The van der Waals surface area contributed by atoms with Gasteiger partial charge in [0.1, 0.15) is 0 Å². The number of nitrogens with two attached hydrogens (primary N) is 1. The maximum absolute atomic E-state index is 11.8. The topological polar surface area (TPSA) is 55.1 Å². The van der Waals surface area contributed by atoms with Crippen LogP contribution >= 0.6 is 0 Å². The van der Waals surface area contributed by atoms with Crippen molar-refractivity contribution in [3.05, 3.63) is 41.0 Å². The summed E-state index contributed by atoms with van der Waals surface area (Å²) in [5, 5.41) is 3.41. The molecule has 0 unspecified atom stereocenters. The number of hydrogen-bond acceptors (Lipinski definition) is 2. The zero-order valence-electron chi connectivity index (χ0n) is 13.2. The number of amides is 1. The largest absolute Gasteiger partial charge is 0.366 e. The van der Waals surface area contributed by atoms with Gasteiger partial charge in [0.15, 0.2) is 0 Å². The monoisotopic (exact) mass is 298 g/mol. The van der Waals surface area contributed by atoms with E-state index in [2.05, 4.69) is 23.5 Å². The number of piperidine rings is 1. The Kier molecular flexibility index (Phi) is 4.94. The third-order valence-electron chi connectivity index (χ3n) is 5.01. The zero-order chi connectivity index (χ0) is 15.4. The normalized spacial score (nSPS) is 20.3. The Balaban J connectivity index is 1.96. The highest BCUT2D eigenvalue weighted by Crippen LogP contribution is 2.33. The van der Waals surface area contributed by atoms with Crippen molar-refractivity contribution in [3.63, 3.8) is 0 Å². The average molecular weight is 298 g/mol. The SMILES string of the molecule is NC(=O)c1ccc(C2CCNCC2)cc1C1=CCCCCC1. The van der Waals surface area contributed by atoms with Gasteiger partial charge in [0, 0.05) is 5.56 Å². The molecule has 1 fully saturated rings. The standard InChI is InChI=1S/C19H26N2O/c20-19(22)17-8-7-16(14-9-11-21-12-10-14)13-18(17)15-5-3-1-2-4-6-15/h5,7-8,13-14,21H,1-4,6,9-12H2,(H2,20,22). The fourth-order valence-electron chi connectivity index (χ4n) is 3.71. The first-order valence-corrected chi connectivity index (χ1v) is 8.59. The van der Waals surface area contributed by atoms with E-state index in [0.717, 1.165) is 31.5 Å². The van der Waals surface area contributed by atoms with Gasteiger partial charge in [-0.2, -0.15) is 0 Å². The molecule has 3 rings (SSSR count). The quantitative estimate of drug-likeness (QED) is 0.896. The van der Waals surface area contributed by atoms with Crippen molar-refractivity contribution in [2.45, 2.75) is 50.9 Å². The summed E-state index contributed by atoms with van der Waals surface area (Å²) >= 11 is 0. The van der Waals surface area contributed by atoms with Crippen LogP contribution in [0.1, 0.15) is 72.3 Å². The number of carbonyl (C=O) groups is 1. The fraction of sp³-hybridized carbons (Fsp3) is 0.526. The van der Waals surface area contributed by atoms with Crippen molar-refractivity contribution in [1.29, 1.82) is 0 Å². The minimum atomic E-state index is -0.308. The molecule has 2 aliphatic rings. The second-order valence-corrected chi connectivity index (χ2v) is 6.52. The zero-order valence-corrected chi connectivity index (χ0v) is 13.2. The van der Waals surface area contributed by atoms with Gasteiger partial charge in [-0.1, -0.05) is 24.6 Å². The number of carbonyl (C=O) groups excluding carboxylic acids is 1. The van der Waals surface area contributed by atoms with Gasteiger partial charge in [-0.25, -0.2) is 0 Å². The van der Waals surface area contributed by atoms with Crippen molar-refractivity contribution in [2.75, 3.05) is 13.1 Å². The van der Waals surface area contributed by atoms with Gasteiger partial charge in [0.2, 0.25) is 5.91 Å². The summed E-state index contributed by atoms with van der Waals surface area (Å²) in [4.78, 5) is 11.8. The van der Waals surface area contributed by atoms with Crippen LogP contribution < -0.4 is 11.1 Å². The Bertz CT molecular complexity index is 571. The van der Waals surface area contributed by atoms with E-state index in [-0.39, 0.29) is 5.91 Å². The molecule has 0 atom stereocenters. The van der Waals surface area contributed by atoms with E-state index in [4.69, 9.17) is 5.73 Å². The van der Waals surface area contributed by atoms with Crippen LogP contribution in [0.15, 0.2) is 24.3 Å². The summed E-state index contributed by atoms with van der Waals surface area (Å²) in [6.07, 6.45) is 10.6. The molecular formula is C19H26N2O. The van der Waals surface area contributed by atoms with Crippen LogP contribution in [0.25, 0.3) is 5.57 Å². The Labute approximate surface area is 133 Å². The van der Waals surface area contributed by atoms with Gasteiger partial charge in [-0.05, 0) is 80.3 Å². The van der Waals surface area contributed by atoms with E-state index in [1.807, 2.05) is 6.07 Å². The minimum absolute atomic E-state index is 0.308. The summed E-state index contributed by atoms with van der Waals surface area (Å²) in [6.45, 7) is 2.17. The van der Waals surface area contributed by atoms with Crippen LogP contribution in [0.5, 0.6) is 0 Å². The first kappa shape index (κ1) is 15.3. The average Bonchev–Trinajstić information content (AvgIpc) is 2.84. The molecule has 1 amide bonds. The molecule has 0 saturated carbocycles. The third-order valence-corrected chi connectivity index (χ3v) is 5.01. The third kappa shape index (κ3) is 3.41. The van der Waals surface area contributed by atoms with E-state index in [1.54, 1.807) is 0 Å². The highest BCUT2D eigenvalue weighted by Gasteiger charge is 2.19. The molecule has 1 aromatic carbocycles. The van der Waals surface area contributed by atoms with E-state index in [9.17, 15) is 4.79 Å². The summed E-state index contributed by atoms with van der Waals surface area (Å²) in [5.74, 6) is 0.297. The number of allylic oxidation sites excluding steroid dienone is 2. The second kappa shape index (κ2) is 7.10. The summed E-state index contributed by atoms with van der Waals surface area (Å²) < 4.78 is 0. The molecule has 0 bridgehead atoms. The van der Waals surface area contributed by atoms with Crippen molar-refractivity contribution >= 4 is 11.5 Å². The molecule has 118 valence electrons. The molecular weight excluding hydrogens is 272 g/mol.